The van der Waals surface area contributed by atoms with Crippen LogP contribution in [0.25, 0.3) is 0 Å². The fourth-order valence-corrected chi connectivity index (χ4v) is 5.19. The average molecular weight is 444 g/mol. The SMILES string of the molecule is CCOc1ncc(C2(O)[C@@H]3CCC[C@H]2CN(C(=O)c2cn(CC)nc2C)C3)c(OCC)n1. The molecule has 2 aliphatic rings. The molecular formula is C23H33N5O4. The van der Waals surface area contributed by atoms with Gasteiger partial charge in [0.15, 0.2) is 0 Å². The number of rotatable bonds is 7. The molecule has 0 radical (unpaired) electrons. The number of carbonyl (C=O) groups is 1. The molecular weight excluding hydrogens is 410 g/mol. The normalized spacial score (nSPS) is 25.0. The number of fused-ring (bicyclic) bond motifs is 2. The number of hydrogen-bond donors (Lipinski definition) is 1. The van der Waals surface area contributed by atoms with E-state index in [2.05, 4.69) is 15.1 Å². The minimum absolute atomic E-state index is 0.0193. The number of nitrogens with zero attached hydrogens (tertiary/aromatic N) is 5. The molecule has 2 bridgehead atoms. The third-order valence-electron chi connectivity index (χ3n) is 6.74. The fraction of sp³-hybridized carbons (Fsp3) is 0.652. The van der Waals surface area contributed by atoms with Crippen LogP contribution in [0.1, 0.15) is 61.6 Å². The minimum atomic E-state index is -1.15. The molecule has 3 atom stereocenters. The smallest absolute Gasteiger partial charge is 0.319 e. The van der Waals surface area contributed by atoms with Crippen LogP contribution in [0.4, 0.5) is 0 Å². The number of amides is 1. The van der Waals surface area contributed by atoms with Gasteiger partial charge >= 0.3 is 6.01 Å². The summed E-state index contributed by atoms with van der Waals surface area (Å²) in [7, 11) is 0. The molecule has 2 aromatic heterocycles. The van der Waals surface area contributed by atoms with E-state index in [1.807, 2.05) is 38.8 Å². The molecule has 9 heteroatoms. The third-order valence-corrected chi connectivity index (χ3v) is 6.74. The topological polar surface area (TPSA) is 103 Å². The van der Waals surface area contributed by atoms with Gasteiger partial charge in [-0.25, -0.2) is 4.98 Å². The molecule has 1 unspecified atom stereocenters. The molecule has 1 N–H and O–H groups in total. The second kappa shape index (κ2) is 9.05. The van der Waals surface area contributed by atoms with Gasteiger partial charge in [0.05, 0.1) is 30.0 Å². The maximum atomic E-state index is 13.3. The molecule has 1 saturated carbocycles. The minimum Gasteiger partial charge on any atom is -0.478 e. The molecule has 0 aromatic carbocycles. The Balaban J connectivity index is 1.65. The van der Waals surface area contributed by atoms with Crippen LogP contribution in [0.3, 0.4) is 0 Å². The van der Waals surface area contributed by atoms with Crippen molar-refractivity contribution in [3.8, 4) is 11.9 Å². The lowest BCUT2D eigenvalue weighted by Gasteiger charge is -2.53. The van der Waals surface area contributed by atoms with Gasteiger partial charge < -0.3 is 19.5 Å². The second-order valence-corrected chi connectivity index (χ2v) is 8.58. The van der Waals surface area contributed by atoms with Gasteiger partial charge in [-0.3, -0.25) is 9.48 Å². The summed E-state index contributed by atoms with van der Waals surface area (Å²) in [4.78, 5) is 24.0. The Labute approximate surface area is 188 Å². The van der Waals surface area contributed by atoms with Gasteiger partial charge in [0.1, 0.15) is 5.60 Å². The molecule has 1 aliphatic heterocycles. The second-order valence-electron chi connectivity index (χ2n) is 8.58. The number of hydrogen-bond acceptors (Lipinski definition) is 7. The summed E-state index contributed by atoms with van der Waals surface area (Å²) in [6, 6.07) is 0.240. The average Bonchev–Trinajstić information content (AvgIpc) is 3.14. The molecule has 1 saturated heterocycles. The van der Waals surface area contributed by atoms with Crippen LogP contribution in [0, 0.1) is 18.8 Å². The number of likely N-dealkylation sites (tertiary alicyclic amines) is 1. The predicted octanol–water partition coefficient (Wildman–Crippen LogP) is 2.56. The largest absolute Gasteiger partial charge is 0.478 e. The summed E-state index contributed by atoms with van der Waals surface area (Å²) >= 11 is 0. The molecule has 4 rings (SSSR count). The third kappa shape index (κ3) is 3.83. The highest BCUT2D eigenvalue weighted by molar-refractivity contribution is 5.95. The van der Waals surface area contributed by atoms with Gasteiger partial charge in [0.25, 0.3) is 5.91 Å². The van der Waals surface area contributed by atoms with Crippen molar-refractivity contribution in [1.29, 1.82) is 0 Å². The number of ether oxygens (including phenoxy) is 2. The van der Waals surface area contributed by atoms with E-state index in [1.165, 1.54) is 0 Å². The maximum Gasteiger partial charge on any atom is 0.319 e. The summed E-state index contributed by atoms with van der Waals surface area (Å²) in [5.74, 6) is 0.0989. The van der Waals surface area contributed by atoms with Crippen LogP contribution in [-0.4, -0.2) is 62.0 Å². The molecule has 2 fully saturated rings. The highest BCUT2D eigenvalue weighted by Crippen LogP contribution is 2.51. The molecule has 0 spiro atoms. The highest BCUT2D eigenvalue weighted by Gasteiger charge is 2.54. The quantitative estimate of drug-likeness (QED) is 0.701. The Morgan fingerprint density at radius 2 is 1.88 bits per heavy atom. The van der Waals surface area contributed by atoms with Crippen LogP contribution < -0.4 is 9.47 Å². The van der Waals surface area contributed by atoms with Crippen molar-refractivity contribution in [2.24, 2.45) is 11.8 Å². The number of carbonyl (C=O) groups excluding carboxylic acids is 1. The molecule has 174 valence electrons. The summed E-state index contributed by atoms with van der Waals surface area (Å²) in [5, 5.41) is 16.5. The van der Waals surface area contributed by atoms with E-state index in [9.17, 15) is 9.90 Å². The molecule has 32 heavy (non-hydrogen) atoms. The van der Waals surface area contributed by atoms with Crippen LogP contribution in [0.2, 0.25) is 0 Å². The van der Waals surface area contributed by atoms with E-state index in [-0.39, 0.29) is 23.8 Å². The zero-order chi connectivity index (χ0) is 22.9. The zero-order valence-corrected chi connectivity index (χ0v) is 19.4. The summed E-state index contributed by atoms with van der Waals surface area (Å²) < 4.78 is 13.0. The van der Waals surface area contributed by atoms with Crippen molar-refractivity contribution < 1.29 is 19.4 Å². The Morgan fingerprint density at radius 3 is 2.47 bits per heavy atom. The first-order valence-electron chi connectivity index (χ1n) is 11.6. The van der Waals surface area contributed by atoms with Crippen molar-refractivity contribution in [3.63, 3.8) is 0 Å². The molecule has 3 heterocycles. The Kier molecular flexibility index (Phi) is 6.37. The lowest BCUT2D eigenvalue weighted by atomic mass is 9.63. The highest BCUT2D eigenvalue weighted by atomic mass is 16.5. The van der Waals surface area contributed by atoms with E-state index in [1.54, 1.807) is 10.9 Å². The lowest BCUT2D eigenvalue weighted by molar-refractivity contribution is -0.141. The first-order chi connectivity index (χ1) is 15.4. The van der Waals surface area contributed by atoms with Crippen molar-refractivity contribution in [3.05, 3.63) is 29.2 Å². The maximum absolute atomic E-state index is 13.3. The molecule has 1 aliphatic carbocycles. The van der Waals surface area contributed by atoms with Gasteiger partial charge in [0, 0.05) is 43.9 Å². The monoisotopic (exact) mass is 443 g/mol. The van der Waals surface area contributed by atoms with Crippen LogP contribution in [0.5, 0.6) is 11.9 Å². The summed E-state index contributed by atoms with van der Waals surface area (Å²) in [6.07, 6.45) is 6.13. The van der Waals surface area contributed by atoms with Gasteiger partial charge in [-0.1, -0.05) is 6.42 Å². The van der Waals surface area contributed by atoms with E-state index in [0.717, 1.165) is 31.5 Å². The first-order valence-corrected chi connectivity index (χ1v) is 11.6. The van der Waals surface area contributed by atoms with Crippen molar-refractivity contribution >= 4 is 5.91 Å². The van der Waals surface area contributed by atoms with Crippen molar-refractivity contribution in [2.75, 3.05) is 26.3 Å². The fourth-order valence-electron chi connectivity index (χ4n) is 5.19. The van der Waals surface area contributed by atoms with E-state index < -0.39 is 5.60 Å². The molecule has 9 nitrogen and oxygen atoms in total. The van der Waals surface area contributed by atoms with E-state index >= 15 is 0 Å². The van der Waals surface area contributed by atoms with E-state index in [0.29, 0.717) is 43.3 Å². The Hall–Kier alpha value is -2.68. The van der Waals surface area contributed by atoms with Crippen LogP contribution in [0.15, 0.2) is 12.4 Å². The summed E-state index contributed by atoms with van der Waals surface area (Å²) in [6.45, 7) is 10.2. The van der Waals surface area contributed by atoms with Gasteiger partial charge in [-0.15, -0.1) is 0 Å². The van der Waals surface area contributed by atoms with Gasteiger partial charge in [-0.05, 0) is 40.5 Å². The van der Waals surface area contributed by atoms with Gasteiger partial charge in [0.2, 0.25) is 5.88 Å². The summed E-state index contributed by atoms with van der Waals surface area (Å²) in [5.41, 5.74) is 0.822. The van der Waals surface area contributed by atoms with Crippen molar-refractivity contribution in [1.82, 2.24) is 24.6 Å². The number of aliphatic hydroxyl groups is 1. The number of aromatic nitrogens is 4. The Morgan fingerprint density at radius 1 is 1.19 bits per heavy atom. The van der Waals surface area contributed by atoms with Crippen LogP contribution in [-0.2, 0) is 12.1 Å². The number of aryl methyl sites for hydroxylation is 2. The number of piperidine rings is 1. The zero-order valence-electron chi connectivity index (χ0n) is 19.4. The first kappa shape index (κ1) is 22.5. The lowest BCUT2D eigenvalue weighted by Crippen LogP contribution is -2.59. The van der Waals surface area contributed by atoms with Gasteiger partial charge in [-0.2, -0.15) is 10.1 Å². The molecule has 1 amide bonds. The predicted molar refractivity (Wildman–Crippen MR) is 118 cm³/mol. The van der Waals surface area contributed by atoms with E-state index in [4.69, 9.17) is 9.47 Å². The van der Waals surface area contributed by atoms with Crippen molar-refractivity contribution in [2.45, 2.75) is 59.1 Å². The van der Waals surface area contributed by atoms with Crippen LogP contribution >= 0.6 is 0 Å². The Bertz CT molecular complexity index is 961. The standard InChI is InChI=1S/C23H33N5O4/c1-5-28-14-18(15(4)26-28)21(29)27-12-16-9-8-10-17(13-27)23(16,30)19-11-24-22(32-7-3)25-20(19)31-6-2/h11,14,16-17,30H,5-10,12-13H2,1-4H3/t16-,17+,23?. The molecule has 2 aromatic rings.